The number of benzene rings is 2. The van der Waals surface area contributed by atoms with E-state index in [0.717, 1.165) is 47.0 Å². The second-order valence-corrected chi connectivity index (χ2v) is 6.78. The fourth-order valence-electron chi connectivity index (χ4n) is 3.57. The molecule has 3 aromatic rings. The van der Waals surface area contributed by atoms with Crippen LogP contribution >= 0.6 is 0 Å². The molecule has 1 heterocycles. The molecule has 0 spiro atoms. The van der Waals surface area contributed by atoms with Crippen molar-refractivity contribution >= 4 is 28.5 Å². The second kappa shape index (κ2) is 7.19. The first-order chi connectivity index (χ1) is 13.1. The number of hydrogen-bond acceptors (Lipinski definition) is 4. The Morgan fingerprint density at radius 3 is 2.81 bits per heavy atom. The van der Waals surface area contributed by atoms with Crippen molar-refractivity contribution < 1.29 is 14.3 Å². The number of aryl methyl sites for hydroxylation is 2. The van der Waals surface area contributed by atoms with Crippen molar-refractivity contribution in [2.75, 3.05) is 11.9 Å². The normalized spacial score (nSPS) is 12.6. The van der Waals surface area contributed by atoms with Gasteiger partial charge < -0.3 is 10.1 Å². The summed E-state index contributed by atoms with van der Waals surface area (Å²) < 4.78 is 5.35. The van der Waals surface area contributed by atoms with Gasteiger partial charge >= 0.3 is 5.97 Å². The summed E-state index contributed by atoms with van der Waals surface area (Å²) in [5.41, 5.74) is 4.99. The van der Waals surface area contributed by atoms with Gasteiger partial charge in [0.25, 0.3) is 5.91 Å². The first-order valence-corrected chi connectivity index (χ1v) is 9.06. The van der Waals surface area contributed by atoms with E-state index in [-0.39, 0.29) is 12.5 Å². The average Bonchev–Trinajstić information content (AvgIpc) is 3.12. The average molecular weight is 360 g/mol. The number of amides is 1. The lowest BCUT2D eigenvalue weighted by Gasteiger charge is -2.12. The third-order valence-electron chi connectivity index (χ3n) is 4.76. The molecular weight excluding hydrogens is 340 g/mol. The van der Waals surface area contributed by atoms with Crippen LogP contribution in [0.1, 0.15) is 33.6 Å². The summed E-state index contributed by atoms with van der Waals surface area (Å²) in [7, 11) is 0. The Hall–Kier alpha value is -3.21. The fraction of sp³-hybridized carbons (Fsp3) is 0.227. The van der Waals surface area contributed by atoms with Crippen LogP contribution in [0.3, 0.4) is 0 Å². The van der Waals surface area contributed by atoms with Gasteiger partial charge in [-0.25, -0.2) is 4.79 Å². The number of carbonyl (C=O) groups excluding carboxylic acids is 2. The maximum Gasteiger partial charge on any atom is 0.339 e. The Morgan fingerprint density at radius 2 is 1.96 bits per heavy atom. The minimum Gasteiger partial charge on any atom is -0.452 e. The summed E-state index contributed by atoms with van der Waals surface area (Å²) in [6.45, 7) is 1.63. The van der Waals surface area contributed by atoms with E-state index in [4.69, 9.17) is 4.74 Å². The van der Waals surface area contributed by atoms with Gasteiger partial charge in [-0.2, -0.15) is 0 Å². The SMILES string of the molecule is Cc1cccc(NC(=O)COC(=O)c2c3c(nc4ccccc24)CCC3)c1. The van der Waals surface area contributed by atoms with Gasteiger partial charge in [0.05, 0.1) is 11.1 Å². The maximum absolute atomic E-state index is 12.8. The highest BCUT2D eigenvalue weighted by Crippen LogP contribution is 2.30. The van der Waals surface area contributed by atoms with Crippen LogP contribution in [-0.2, 0) is 22.4 Å². The van der Waals surface area contributed by atoms with Crippen molar-refractivity contribution in [3.63, 3.8) is 0 Å². The van der Waals surface area contributed by atoms with Crippen LogP contribution in [0.2, 0.25) is 0 Å². The lowest BCUT2D eigenvalue weighted by molar-refractivity contribution is -0.119. The molecule has 0 saturated carbocycles. The van der Waals surface area contributed by atoms with Crippen LogP contribution in [0.4, 0.5) is 5.69 Å². The van der Waals surface area contributed by atoms with Gasteiger partial charge in [-0.3, -0.25) is 9.78 Å². The van der Waals surface area contributed by atoms with Gasteiger partial charge in [0.1, 0.15) is 0 Å². The number of hydrogen-bond donors (Lipinski definition) is 1. The molecule has 1 aliphatic rings. The lowest BCUT2D eigenvalue weighted by Crippen LogP contribution is -2.21. The van der Waals surface area contributed by atoms with Gasteiger partial charge in [0, 0.05) is 16.8 Å². The molecule has 0 aliphatic heterocycles. The Labute approximate surface area is 157 Å². The summed E-state index contributed by atoms with van der Waals surface area (Å²) in [4.78, 5) is 29.6. The van der Waals surface area contributed by atoms with E-state index in [9.17, 15) is 9.59 Å². The number of nitrogens with zero attached hydrogens (tertiary/aromatic N) is 1. The second-order valence-electron chi connectivity index (χ2n) is 6.78. The zero-order valence-corrected chi connectivity index (χ0v) is 15.1. The number of fused-ring (bicyclic) bond motifs is 2. The molecule has 1 amide bonds. The number of para-hydroxylation sites is 1. The topological polar surface area (TPSA) is 68.3 Å². The van der Waals surface area contributed by atoms with Crippen molar-refractivity contribution in [1.82, 2.24) is 4.98 Å². The van der Waals surface area contributed by atoms with Crippen LogP contribution in [-0.4, -0.2) is 23.5 Å². The molecule has 5 nitrogen and oxygen atoms in total. The zero-order valence-electron chi connectivity index (χ0n) is 15.1. The number of rotatable bonds is 4. The number of pyridine rings is 1. The molecule has 1 aliphatic carbocycles. The first-order valence-electron chi connectivity index (χ1n) is 9.06. The number of aromatic nitrogens is 1. The number of ether oxygens (including phenoxy) is 1. The predicted octanol–water partition coefficient (Wildman–Crippen LogP) is 3.83. The van der Waals surface area contributed by atoms with Crippen molar-refractivity contribution in [2.24, 2.45) is 0 Å². The number of anilines is 1. The molecule has 4 rings (SSSR count). The minimum atomic E-state index is -0.467. The van der Waals surface area contributed by atoms with Crippen LogP contribution in [0, 0.1) is 6.92 Å². The molecule has 1 N–H and O–H groups in total. The first kappa shape index (κ1) is 17.2. The Balaban J connectivity index is 1.53. The molecule has 2 aromatic carbocycles. The van der Waals surface area contributed by atoms with Gasteiger partial charge in [-0.15, -0.1) is 0 Å². The Kier molecular flexibility index (Phi) is 4.59. The van der Waals surface area contributed by atoms with Crippen LogP contribution in [0.15, 0.2) is 48.5 Å². The highest BCUT2D eigenvalue weighted by molar-refractivity contribution is 6.06. The summed E-state index contributed by atoms with van der Waals surface area (Å²) in [6, 6.07) is 15.0. The number of nitrogens with one attached hydrogen (secondary N) is 1. The van der Waals surface area contributed by atoms with E-state index in [1.807, 2.05) is 49.4 Å². The summed E-state index contributed by atoms with van der Waals surface area (Å²) in [5.74, 6) is -0.824. The fourth-order valence-corrected chi connectivity index (χ4v) is 3.57. The molecule has 0 unspecified atom stereocenters. The predicted molar refractivity (Wildman–Crippen MR) is 104 cm³/mol. The highest BCUT2D eigenvalue weighted by Gasteiger charge is 2.25. The van der Waals surface area contributed by atoms with Crippen LogP contribution in [0.25, 0.3) is 10.9 Å². The van der Waals surface area contributed by atoms with E-state index in [1.54, 1.807) is 6.07 Å². The van der Waals surface area contributed by atoms with E-state index < -0.39 is 5.97 Å². The molecule has 0 saturated heterocycles. The number of carbonyl (C=O) groups is 2. The molecular formula is C22H20N2O3. The van der Waals surface area contributed by atoms with Crippen molar-refractivity contribution in [1.29, 1.82) is 0 Å². The van der Waals surface area contributed by atoms with E-state index in [0.29, 0.717) is 11.3 Å². The summed E-state index contributed by atoms with van der Waals surface area (Å²) in [6.07, 6.45) is 2.66. The maximum atomic E-state index is 12.8. The quantitative estimate of drug-likeness (QED) is 0.718. The monoisotopic (exact) mass is 360 g/mol. The largest absolute Gasteiger partial charge is 0.452 e. The molecule has 0 radical (unpaired) electrons. The third kappa shape index (κ3) is 3.53. The van der Waals surface area contributed by atoms with Crippen LogP contribution < -0.4 is 5.32 Å². The Morgan fingerprint density at radius 1 is 1.11 bits per heavy atom. The van der Waals surface area contributed by atoms with Gasteiger partial charge in [-0.1, -0.05) is 30.3 Å². The van der Waals surface area contributed by atoms with Crippen molar-refractivity contribution in [3.8, 4) is 0 Å². The number of esters is 1. The highest BCUT2D eigenvalue weighted by atomic mass is 16.5. The third-order valence-corrected chi connectivity index (χ3v) is 4.76. The molecule has 0 fully saturated rings. The minimum absolute atomic E-state index is 0.321. The smallest absolute Gasteiger partial charge is 0.339 e. The zero-order chi connectivity index (χ0) is 18.8. The Bertz CT molecular complexity index is 1040. The van der Waals surface area contributed by atoms with Crippen LogP contribution in [0.5, 0.6) is 0 Å². The molecule has 27 heavy (non-hydrogen) atoms. The molecule has 1 aromatic heterocycles. The van der Waals surface area contributed by atoms with Crippen molar-refractivity contribution in [3.05, 3.63) is 70.9 Å². The molecule has 0 atom stereocenters. The molecule has 0 bridgehead atoms. The summed E-state index contributed by atoms with van der Waals surface area (Å²) in [5, 5.41) is 3.53. The van der Waals surface area contributed by atoms with E-state index >= 15 is 0 Å². The van der Waals surface area contributed by atoms with Gasteiger partial charge in [-0.05, 0) is 55.5 Å². The van der Waals surface area contributed by atoms with Crippen molar-refractivity contribution in [2.45, 2.75) is 26.2 Å². The standard InChI is InChI=1S/C22H20N2O3/c1-14-6-4-7-15(12-14)23-20(25)13-27-22(26)21-16-8-2-3-10-18(16)24-19-11-5-9-17(19)21/h2-4,6-8,10,12H,5,9,11,13H2,1H3,(H,23,25). The summed E-state index contributed by atoms with van der Waals surface area (Å²) >= 11 is 0. The van der Waals surface area contributed by atoms with Gasteiger partial charge in [0.2, 0.25) is 0 Å². The van der Waals surface area contributed by atoms with Gasteiger partial charge in [0.15, 0.2) is 6.61 Å². The van der Waals surface area contributed by atoms with E-state index in [2.05, 4.69) is 10.3 Å². The lowest BCUT2D eigenvalue weighted by atomic mass is 10.0. The van der Waals surface area contributed by atoms with E-state index in [1.165, 1.54) is 0 Å². The molecule has 5 heteroatoms. The molecule has 136 valence electrons.